The summed E-state index contributed by atoms with van der Waals surface area (Å²) in [5.41, 5.74) is 10.3. The lowest BCUT2D eigenvalue weighted by molar-refractivity contribution is 0.0924. The molecule has 18 nitrogen and oxygen atoms in total. The third kappa shape index (κ3) is 22.4. The molecule has 18 rings (SSSR count). The lowest BCUT2D eigenvalue weighted by Crippen LogP contribution is -2.16. The van der Waals surface area contributed by atoms with Crippen LogP contribution in [0.25, 0.3) is 0 Å². The summed E-state index contributed by atoms with van der Waals surface area (Å²) in [6, 6.07) is 47.5. The normalized spacial score (nSPS) is 15.2. The van der Waals surface area contributed by atoms with Gasteiger partial charge in [0.25, 0.3) is 0 Å². The van der Waals surface area contributed by atoms with Gasteiger partial charge in [-0.05, 0) is 177 Å². The van der Waals surface area contributed by atoms with Crippen molar-refractivity contribution in [3.63, 3.8) is 0 Å². The van der Waals surface area contributed by atoms with E-state index in [1.165, 1.54) is 0 Å². The summed E-state index contributed by atoms with van der Waals surface area (Å²) in [7, 11) is 0. The maximum atomic E-state index is 11.5. The molecule has 9 aromatic carbocycles. The third-order valence-electron chi connectivity index (χ3n) is 17.4. The zero-order valence-corrected chi connectivity index (χ0v) is 66.6. The van der Waals surface area contributed by atoms with Gasteiger partial charge in [0.05, 0.1) is 120 Å². The Balaban J connectivity index is 0.000000131. The zero-order chi connectivity index (χ0) is 77.8. The number of benzene rings is 9. The predicted octanol–water partition coefficient (Wildman–Crippen LogP) is 20.1. The SMILES string of the molecule is Cc1ccc(Cl)c2c1OCCC2=O.Cc1ccc2c(c1)C(=O)CCO2.Cc1ccc2c(c1)C(=O)CCO2.Cc1ccc2c(c1)C(=O)CCO2.O=C1CCOc2c(Cl)cc(Cl)cc21.O=C1CCOc2ccc(Br)cc21.O=C1CCOc2ccc(Cl)cc21.O=C1CCOc2ccc(I)cc21.O=C1CCOc2ccccc21. The molecule has 0 saturated heterocycles. The maximum Gasteiger partial charge on any atom is 0.171 e. The van der Waals surface area contributed by atoms with Crippen LogP contribution in [0, 0.1) is 31.3 Å². The molecule has 0 fully saturated rings. The first-order valence-corrected chi connectivity index (χ1v) is 38.3. The Morgan fingerprint density at radius 3 is 1.06 bits per heavy atom. The van der Waals surface area contributed by atoms with Gasteiger partial charge in [-0.3, -0.25) is 43.2 Å². The smallest absolute Gasteiger partial charge is 0.171 e. The number of rotatable bonds is 0. The summed E-state index contributed by atoms with van der Waals surface area (Å²) in [5, 5.41) is 1.93. The van der Waals surface area contributed by atoms with Crippen LogP contribution in [0.3, 0.4) is 0 Å². The van der Waals surface area contributed by atoms with E-state index >= 15 is 0 Å². The third-order valence-corrected chi connectivity index (χ3v) is 19.6. The highest BCUT2D eigenvalue weighted by Crippen LogP contribution is 2.38. The van der Waals surface area contributed by atoms with Crippen molar-refractivity contribution in [1.29, 1.82) is 0 Å². The van der Waals surface area contributed by atoms with Crippen LogP contribution in [0.5, 0.6) is 51.7 Å². The molecule has 0 unspecified atom stereocenters. The molecule has 9 aliphatic heterocycles. The standard InChI is InChI=1S/C10H9ClO2.3C10H10O2.C9H7BrO2.C9H6Cl2O2.C9H7ClO2.C9H7IO2.C9H8O2/c1-6-2-3-7(11)9-8(12)4-5-13-10(6)9;3*1-7-2-3-10-8(6-7)9(11)4-5-12-10;10-6-1-2-9-7(5-6)8(11)3-4-12-9;10-5-3-6-8(12)1-2-13-9(6)7(11)4-5;2*10-6-1-2-9-7(5-6)8(11)3-4-12-9;10-8-5-6-11-9-4-2-1-3-7(8)9/h2-3H,4-5H2,1H3;3*2-3,6H,4-5H2,1H3;1-2,5H,3-4H2;3-4H,1-2H2;2*1-2,5H,3-4H2;1-4H,5-6H2. The quantitative estimate of drug-likeness (QED) is 0.128. The van der Waals surface area contributed by atoms with Crippen LogP contribution >= 0.6 is 84.9 Å². The summed E-state index contributed by atoms with van der Waals surface area (Å²) in [5.74, 6) is 7.47. The number of ketones is 9. The summed E-state index contributed by atoms with van der Waals surface area (Å²) in [6.45, 7) is 12.3. The Labute approximate surface area is 672 Å². The van der Waals surface area contributed by atoms with Crippen LogP contribution in [0.4, 0.5) is 0 Å². The van der Waals surface area contributed by atoms with E-state index in [9.17, 15) is 43.2 Å². The highest BCUT2D eigenvalue weighted by molar-refractivity contribution is 14.1. The molecular weight excluding hydrogens is 1660 g/mol. The highest BCUT2D eigenvalue weighted by atomic mass is 127. The van der Waals surface area contributed by atoms with Crippen LogP contribution in [0.1, 0.15) is 173 Å². The van der Waals surface area contributed by atoms with Gasteiger partial charge in [-0.15, -0.1) is 0 Å². The molecule has 9 aliphatic rings. The fraction of sp³-hybridized carbons (Fsp3) is 0.259. The number of hydrogen-bond acceptors (Lipinski definition) is 18. The molecule has 0 N–H and O–H groups in total. The molecule has 0 aromatic heterocycles. The average Bonchev–Trinajstić information content (AvgIpc) is 0.795. The van der Waals surface area contributed by atoms with E-state index in [1.807, 2.05) is 137 Å². The number of carbonyl (C=O) groups is 9. The van der Waals surface area contributed by atoms with Gasteiger partial charge in [0.1, 0.15) is 51.7 Å². The van der Waals surface area contributed by atoms with E-state index in [2.05, 4.69) is 38.5 Å². The van der Waals surface area contributed by atoms with Gasteiger partial charge in [0.2, 0.25) is 0 Å². The number of para-hydroxylation sites is 1. The molecule has 0 aliphatic carbocycles. The van der Waals surface area contributed by atoms with Crippen LogP contribution in [-0.4, -0.2) is 112 Å². The van der Waals surface area contributed by atoms with Crippen LogP contribution < -0.4 is 42.6 Å². The maximum absolute atomic E-state index is 11.5. The second kappa shape index (κ2) is 39.3. The first kappa shape index (κ1) is 82.1. The van der Waals surface area contributed by atoms with Gasteiger partial charge >= 0.3 is 0 Å². The number of Topliss-reactive ketones (excluding diaryl/α,β-unsaturated/α-hetero) is 9. The van der Waals surface area contributed by atoms with Crippen LogP contribution in [-0.2, 0) is 0 Å². The molecule has 9 aromatic rings. The van der Waals surface area contributed by atoms with Crippen molar-refractivity contribution in [3.05, 3.63) is 258 Å². The van der Waals surface area contributed by atoms with E-state index in [4.69, 9.17) is 89.0 Å². The Kier molecular flexibility index (Phi) is 29.6. The molecule has 109 heavy (non-hydrogen) atoms. The Morgan fingerprint density at radius 2 is 0.615 bits per heavy atom. The van der Waals surface area contributed by atoms with E-state index in [0.717, 1.165) is 86.9 Å². The predicted molar refractivity (Wildman–Crippen MR) is 427 cm³/mol. The minimum absolute atomic E-state index is 0.0330. The van der Waals surface area contributed by atoms with Crippen molar-refractivity contribution in [3.8, 4) is 51.7 Å². The molecule has 0 saturated carbocycles. The highest BCUT2D eigenvalue weighted by Gasteiger charge is 2.27. The van der Waals surface area contributed by atoms with Gasteiger partial charge < -0.3 is 42.6 Å². The molecule has 0 atom stereocenters. The second-order valence-electron chi connectivity index (χ2n) is 25.4. The van der Waals surface area contributed by atoms with Gasteiger partial charge in [-0.1, -0.05) is 115 Å². The molecule has 0 bridgehead atoms. The summed E-state index contributed by atoms with van der Waals surface area (Å²) in [4.78, 5) is 102. The molecule has 564 valence electrons. The first-order valence-electron chi connectivity index (χ1n) is 34.9. The number of hydrogen-bond donors (Lipinski definition) is 0. The fourth-order valence-electron chi connectivity index (χ4n) is 11.8. The number of fused-ring (bicyclic) bond motifs is 9. The first-order chi connectivity index (χ1) is 52.4. The molecule has 9 heterocycles. The molecule has 0 radical (unpaired) electrons. The van der Waals surface area contributed by atoms with Gasteiger partial charge in [-0.25, -0.2) is 0 Å². The minimum Gasteiger partial charge on any atom is -0.492 e. The van der Waals surface area contributed by atoms with Crippen molar-refractivity contribution in [2.75, 3.05) is 59.5 Å². The van der Waals surface area contributed by atoms with E-state index in [-0.39, 0.29) is 52.0 Å². The minimum atomic E-state index is 0.0330. The van der Waals surface area contributed by atoms with Crippen molar-refractivity contribution >= 4 is 137 Å². The van der Waals surface area contributed by atoms with Gasteiger partial charge in [0, 0.05) is 75.9 Å². The Morgan fingerprint density at radius 1 is 0.284 bits per heavy atom. The monoisotopic (exact) mass is 1730 g/mol. The van der Waals surface area contributed by atoms with Crippen molar-refractivity contribution < 1.29 is 85.8 Å². The second-order valence-corrected chi connectivity index (χ2v) is 29.3. The van der Waals surface area contributed by atoms with E-state index in [0.29, 0.717) is 183 Å². The van der Waals surface area contributed by atoms with E-state index in [1.54, 1.807) is 48.5 Å². The lowest BCUT2D eigenvalue weighted by Gasteiger charge is -2.18. The van der Waals surface area contributed by atoms with Crippen molar-refractivity contribution in [2.24, 2.45) is 0 Å². The Bertz CT molecular complexity index is 4460. The Hall–Kier alpha value is -9.42. The van der Waals surface area contributed by atoms with Crippen LogP contribution in [0.15, 0.2) is 162 Å². The van der Waals surface area contributed by atoms with Gasteiger partial charge in [0.15, 0.2) is 52.0 Å². The summed E-state index contributed by atoms with van der Waals surface area (Å²) >= 11 is 28.7. The largest absolute Gasteiger partial charge is 0.492 e. The number of halogens is 6. The molecule has 0 amide bonds. The molecular formula is C85H74BrCl4IO18. The molecule has 0 spiro atoms. The zero-order valence-electron chi connectivity index (χ0n) is 59.9. The fourth-order valence-corrected chi connectivity index (χ4v) is 13.6. The number of carbonyl (C=O) groups excluding carboxylic acids is 9. The van der Waals surface area contributed by atoms with Crippen molar-refractivity contribution in [1.82, 2.24) is 0 Å². The van der Waals surface area contributed by atoms with Crippen LogP contribution in [0.2, 0.25) is 20.1 Å². The van der Waals surface area contributed by atoms with Crippen molar-refractivity contribution in [2.45, 2.75) is 85.5 Å². The average molecular weight is 1730 g/mol. The topological polar surface area (TPSA) is 237 Å². The summed E-state index contributed by atoms with van der Waals surface area (Å²) in [6.07, 6.45) is 4.31. The number of aryl methyl sites for hydroxylation is 4. The van der Waals surface area contributed by atoms with E-state index < -0.39 is 0 Å². The molecule has 24 heteroatoms. The summed E-state index contributed by atoms with van der Waals surface area (Å²) < 4.78 is 49.8. The van der Waals surface area contributed by atoms with Gasteiger partial charge in [-0.2, -0.15) is 0 Å². The lowest BCUT2D eigenvalue weighted by atomic mass is 10.0. The number of ether oxygens (including phenoxy) is 9.